The molecule has 186 valence electrons. The van der Waals surface area contributed by atoms with Crippen molar-refractivity contribution in [3.63, 3.8) is 0 Å². The van der Waals surface area contributed by atoms with E-state index in [0.717, 1.165) is 35.6 Å². The molecule has 36 heavy (non-hydrogen) atoms. The fourth-order valence-corrected chi connectivity index (χ4v) is 4.63. The Balaban J connectivity index is 1.44. The van der Waals surface area contributed by atoms with Gasteiger partial charge < -0.3 is 19.5 Å². The van der Waals surface area contributed by atoms with E-state index in [0.29, 0.717) is 49.5 Å². The first-order valence-electron chi connectivity index (χ1n) is 12.3. The molecule has 2 aromatic heterocycles. The highest BCUT2D eigenvalue weighted by Gasteiger charge is 2.17. The summed E-state index contributed by atoms with van der Waals surface area (Å²) in [5, 5.41) is 9.34. The highest BCUT2D eigenvalue weighted by molar-refractivity contribution is 5.94. The average molecular weight is 487 g/mol. The Kier molecular flexibility index (Phi) is 6.81. The number of aromatic amines is 1. The Bertz CT molecular complexity index is 1430. The number of amides is 1. The average Bonchev–Trinajstić information content (AvgIpc) is 3.38. The number of pyridine rings is 1. The van der Waals surface area contributed by atoms with Crippen LogP contribution in [0, 0.1) is 0 Å². The molecule has 4 aromatic rings. The van der Waals surface area contributed by atoms with E-state index in [1.807, 2.05) is 62.5 Å². The molecule has 1 aliphatic heterocycles. The van der Waals surface area contributed by atoms with Crippen molar-refractivity contribution in [1.82, 2.24) is 24.9 Å². The molecule has 0 radical (unpaired) electrons. The smallest absolute Gasteiger partial charge is 0.253 e. The number of fused-ring (bicyclic) bond motifs is 1. The van der Waals surface area contributed by atoms with Crippen LogP contribution in [0.1, 0.15) is 29.8 Å². The van der Waals surface area contributed by atoms with Crippen molar-refractivity contribution in [2.75, 3.05) is 44.3 Å². The lowest BCUT2D eigenvalue weighted by atomic mass is 10.1. The number of hydrogen-bond acceptors (Lipinski definition) is 6. The van der Waals surface area contributed by atoms with Gasteiger partial charge in [0.05, 0.1) is 31.5 Å². The predicted octanol–water partition coefficient (Wildman–Crippen LogP) is 3.15. The number of nitrogens with zero attached hydrogens (tertiary/aromatic N) is 5. The van der Waals surface area contributed by atoms with Crippen molar-refractivity contribution in [3.05, 3.63) is 76.1 Å². The number of nitrogens with one attached hydrogen (secondary N) is 1. The molecule has 1 aliphatic rings. The Morgan fingerprint density at radius 1 is 1.08 bits per heavy atom. The summed E-state index contributed by atoms with van der Waals surface area (Å²) in [6.07, 6.45) is 1.87. The summed E-state index contributed by atoms with van der Waals surface area (Å²) >= 11 is 0. The number of hydrogen-bond donors (Lipinski definition) is 1. The van der Waals surface area contributed by atoms with E-state index in [4.69, 9.17) is 4.74 Å². The summed E-state index contributed by atoms with van der Waals surface area (Å²) in [5.74, 6) is 0.808. The minimum atomic E-state index is -0.0332. The van der Waals surface area contributed by atoms with E-state index in [1.54, 1.807) is 15.6 Å². The van der Waals surface area contributed by atoms with E-state index in [-0.39, 0.29) is 11.3 Å². The summed E-state index contributed by atoms with van der Waals surface area (Å²) in [5.41, 5.74) is 3.82. The number of H-pyrrole nitrogens is 1. The molecule has 1 saturated heterocycles. The second-order valence-corrected chi connectivity index (χ2v) is 8.83. The van der Waals surface area contributed by atoms with Crippen LogP contribution in [0.3, 0.4) is 0 Å². The molecule has 9 nitrogen and oxygen atoms in total. The molecule has 1 amide bonds. The van der Waals surface area contributed by atoms with Gasteiger partial charge in [0.25, 0.3) is 5.91 Å². The van der Waals surface area contributed by atoms with Gasteiger partial charge in [0.15, 0.2) is 5.43 Å². The van der Waals surface area contributed by atoms with Crippen LogP contribution in [-0.4, -0.2) is 70.2 Å². The first-order chi connectivity index (χ1) is 17.6. The first kappa shape index (κ1) is 23.7. The van der Waals surface area contributed by atoms with Crippen LogP contribution in [0.4, 0.5) is 5.82 Å². The quantitative estimate of drug-likeness (QED) is 0.431. The molecule has 1 fully saturated rings. The van der Waals surface area contributed by atoms with E-state index in [9.17, 15) is 9.59 Å². The monoisotopic (exact) mass is 486 g/mol. The number of anilines is 1. The molecule has 0 aliphatic carbocycles. The zero-order chi connectivity index (χ0) is 25.1. The Hall–Kier alpha value is -3.98. The van der Waals surface area contributed by atoms with Crippen molar-refractivity contribution in [3.8, 4) is 11.3 Å². The Labute approximate surface area is 209 Å². The maximum atomic E-state index is 12.9. The fraction of sp³-hybridized carbons (Fsp3) is 0.333. The Morgan fingerprint density at radius 2 is 1.86 bits per heavy atom. The summed E-state index contributed by atoms with van der Waals surface area (Å²) in [7, 11) is 0. The summed E-state index contributed by atoms with van der Waals surface area (Å²) < 4.78 is 7.20. The largest absolute Gasteiger partial charge is 0.378 e. The van der Waals surface area contributed by atoms with E-state index in [2.05, 4.69) is 20.2 Å². The molecule has 0 spiro atoms. The van der Waals surface area contributed by atoms with E-state index < -0.39 is 0 Å². The number of morpholine rings is 1. The molecule has 0 atom stereocenters. The number of aromatic nitrogens is 4. The molecular formula is C27H30N6O3. The van der Waals surface area contributed by atoms with Crippen LogP contribution < -0.4 is 10.3 Å². The molecule has 9 heteroatoms. The lowest BCUT2D eigenvalue weighted by molar-refractivity contribution is 0.0773. The van der Waals surface area contributed by atoms with E-state index in [1.165, 1.54) is 0 Å². The second-order valence-electron chi connectivity index (χ2n) is 8.83. The second kappa shape index (κ2) is 10.3. The molecule has 0 bridgehead atoms. The van der Waals surface area contributed by atoms with Gasteiger partial charge in [-0.25, -0.2) is 4.68 Å². The number of carbonyl (C=O) groups is 1. The third-order valence-electron chi connectivity index (χ3n) is 6.59. The summed E-state index contributed by atoms with van der Waals surface area (Å²) in [6.45, 7) is 8.52. The van der Waals surface area contributed by atoms with Gasteiger partial charge in [0, 0.05) is 48.8 Å². The lowest BCUT2D eigenvalue weighted by Gasteiger charge is -2.28. The molecular weight excluding hydrogens is 456 g/mol. The molecule has 2 aromatic carbocycles. The van der Waals surface area contributed by atoms with Crippen LogP contribution in [-0.2, 0) is 11.3 Å². The molecule has 5 rings (SSSR count). The summed E-state index contributed by atoms with van der Waals surface area (Å²) in [6, 6.07) is 14.9. The van der Waals surface area contributed by atoms with Crippen LogP contribution in [0.5, 0.6) is 0 Å². The lowest BCUT2D eigenvalue weighted by Crippen LogP contribution is -2.37. The van der Waals surface area contributed by atoms with Gasteiger partial charge >= 0.3 is 0 Å². The maximum absolute atomic E-state index is 12.9. The number of rotatable bonds is 7. The Morgan fingerprint density at radius 3 is 2.64 bits per heavy atom. The number of para-hydroxylation sites is 1. The van der Waals surface area contributed by atoms with Crippen molar-refractivity contribution in [2.45, 2.75) is 20.4 Å². The maximum Gasteiger partial charge on any atom is 0.253 e. The van der Waals surface area contributed by atoms with E-state index >= 15 is 0 Å². The zero-order valence-corrected chi connectivity index (χ0v) is 20.6. The predicted molar refractivity (Wildman–Crippen MR) is 139 cm³/mol. The number of ether oxygens (including phenoxy) is 1. The van der Waals surface area contributed by atoms with Crippen LogP contribution in [0.25, 0.3) is 22.2 Å². The highest BCUT2D eigenvalue weighted by atomic mass is 16.5. The van der Waals surface area contributed by atoms with Gasteiger partial charge in [-0.1, -0.05) is 29.5 Å². The third-order valence-corrected chi connectivity index (χ3v) is 6.59. The molecule has 0 unspecified atom stereocenters. The molecule has 0 saturated carbocycles. The van der Waals surface area contributed by atoms with Crippen molar-refractivity contribution in [2.24, 2.45) is 0 Å². The summed E-state index contributed by atoms with van der Waals surface area (Å²) in [4.78, 5) is 33.0. The van der Waals surface area contributed by atoms with Gasteiger partial charge in [-0.15, -0.1) is 5.10 Å². The van der Waals surface area contributed by atoms with Crippen LogP contribution in [0.2, 0.25) is 0 Å². The van der Waals surface area contributed by atoms with Crippen molar-refractivity contribution >= 4 is 22.6 Å². The normalized spacial score (nSPS) is 13.8. The topological polar surface area (TPSA) is 96.3 Å². The minimum Gasteiger partial charge on any atom is -0.378 e. The molecule has 3 heterocycles. The van der Waals surface area contributed by atoms with Gasteiger partial charge in [-0.3, -0.25) is 9.59 Å². The number of benzene rings is 2. The third kappa shape index (κ3) is 4.74. The minimum absolute atomic E-state index is 0.0249. The van der Waals surface area contributed by atoms with Crippen LogP contribution in [0.15, 0.2) is 59.5 Å². The standard InChI is InChI=1S/C27H30N6O3/c1-3-31(4-2)27(35)20-8-5-7-19(15-20)17-33-18-23(29-30-33)21-9-6-10-22-24(34)16-25(28-26(21)22)32-11-13-36-14-12-32/h5-10,15-16,18H,3-4,11-14,17H2,1-2H3,(H,28,34). The van der Waals surface area contributed by atoms with Crippen molar-refractivity contribution in [1.29, 1.82) is 0 Å². The number of carbonyl (C=O) groups excluding carboxylic acids is 1. The highest BCUT2D eigenvalue weighted by Crippen LogP contribution is 2.26. The van der Waals surface area contributed by atoms with Crippen molar-refractivity contribution < 1.29 is 9.53 Å². The van der Waals surface area contributed by atoms with Gasteiger partial charge in [-0.05, 0) is 37.6 Å². The first-order valence-corrected chi connectivity index (χ1v) is 12.3. The van der Waals surface area contributed by atoms with Crippen LogP contribution >= 0.6 is 0 Å². The SMILES string of the molecule is CCN(CC)C(=O)c1cccc(Cn2cc(-c3cccc4c(=O)cc(N5CCOCC5)[nH]c34)nn2)c1. The molecule has 1 N–H and O–H groups in total. The fourth-order valence-electron chi connectivity index (χ4n) is 4.63. The van der Waals surface area contributed by atoms with Gasteiger partial charge in [0.2, 0.25) is 0 Å². The van der Waals surface area contributed by atoms with Gasteiger partial charge in [0.1, 0.15) is 11.5 Å². The zero-order valence-electron chi connectivity index (χ0n) is 20.6. The van der Waals surface area contributed by atoms with Gasteiger partial charge in [-0.2, -0.15) is 0 Å².